The van der Waals surface area contributed by atoms with Crippen LogP contribution in [0.5, 0.6) is 0 Å². The zero-order valence-electron chi connectivity index (χ0n) is 20.5. The quantitative estimate of drug-likeness (QED) is 0.295. The van der Waals surface area contributed by atoms with Crippen molar-refractivity contribution < 1.29 is 24.3 Å². The van der Waals surface area contributed by atoms with E-state index in [-0.39, 0.29) is 18.8 Å². The second-order valence-electron chi connectivity index (χ2n) is 9.40. The molecule has 1 aliphatic rings. The number of aromatic nitrogens is 2. The van der Waals surface area contributed by atoms with Crippen molar-refractivity contribution in [2.24, 2.45) is 11.7 Å². The Morgan fingerprint density at radius 2 is 1.86 bits per heavy atom. The SMILES string of the molecule is CC(C)C(NC(=O)C(N)Cc1cnc[nH]1)C(=O)NC(Cc1ccccc1)C(=O)N1CCCC1C(=O)O. The van der Waals surface area contributed by atoms with Crippen LogP contribution >= 0.6 is 0 Å². The third-order valence-corrected chi connectivity index (χ3v) is 6.30. The molecule has 0 radical (unpaired) electrons. The number of hydrogen-bond acceptors (Lipinski definition) is 6. The molecule has 1 aliphatic heterocycles. The van der Waals surface area contributed by atoms with Gasteiger partial charge in [-0.3, -0.25) is 14.4 Å². The van der Waals surface area contributed by atoms with Gasteiger partial charge in [-0.2, -0.15) is 0 Å². The van der Waals surface area contributed by atoms with Gasteiger partial charge >= 0.3 is 5.97 Å². The fourth-order valence-corrected chi connectivity index (χ4v) is 4.32. The van der Waals surface area contributed by atoms with Crippen LogP contribution in [0.2, 0.25) is 0 Å². The first kappa shape index (κ1) is 26.9. The van der Waals surface area contributed by atoms with Gasteiger partial charge in [-0.25, -0.2) is 9.78 Å². The fraction of sp³-hybridized carbons (Fsp3) is 0.480. The number of carboxylic acids is 1. The summed E-state index contributed by atoms with van der Waals surface area (Å²) in [6, 6.07) is 5.41. The Kier molecular flexibility index (Phi) is 9.18. The molecule has 3 rings (SSSR count). The van der Waals surface area contributed by atoms with Crippen LogP contribution in [0.1, 0.15) is 37.9 Å². The minimum atomic E-state index is -1.07. The lowest BCUT2D eigenvalue weighted by Gasteiger charge is -2.30. The Bertz CT molecular complexity index is 1040. The Balaban J connectivity index is 1.75. The fourth-order valence-electron chi connectivity index (χ4n) is 4.32. The van der Waals surface area contributed by atoms with E-state index >= 15 is 0 Å². The molecule has 0 spiro atoms. The highest BCUT2D eigenvalue weighted by molar-refractivity contribution is 5.94. The molecule has 0 saturated carbocycles. The zero-order chi connectivity index (χ0) is 26.2. The van der Waals surface area contributed by atoms with Crippen LogP contribution in [-0.2, 0) is 32.0 Å². The van der Waals surface area contributed by atoms with E-state index in [1.807, 2.05) is 30.3 Å². The van der Waals surface area contributed by atoms with E-state index in [1.54, 1.807) is 20.0 Å². The van der Waals surface area contributed by atoms with E-state index in [0.717, 1.165) is 5.56 Å². The highest BCUT2D eigenvalue weighted by Gasteiger charge is 2.38. The summed E-state index contributed by atoms with van der Waals surface area (Å²) < 4.78 is 0. The second-order valence-corrected chi connectivity index (χ2v) is 9.40. The number of imidazole rings is 1. The number of carboxylic acid groups (broad SMARTS) is 1. The van der Waals surface area contributed by atoms with Gasteiger partial charge in [0.1, 0.15) is 18.1 Å². The van der Waals surface area contributed by atoms with Gasteiger partial charge in [0.15, 0.2) is 0 Å². The first-order chi connectivity index (χ1) is 17.2. The number of H-pyrrole nitrogens is 1. The smallest absolute Gasteiger partial charge is 0.326 e. The normalized spacial score (nSPS) is 17.9. The highest BCUT2D eigenvalue weighted by atomic mass is 16.4. The van der Waals surface area contributed by atoms with Crippen LogP contribution in [0.3, 0.4) is 0 Å². The minimum absolute atomic E-state index is 0.187. The van der Waals surface area contributed by atoms with Gasteiger partial charge in [-0.15, -0.1) is 0 Å². The van der Waals surface area contributed by atoms with E-state index in [2.05, 4.69) is 20.6 Å². The molecule has 2 aromatic rings. The van der Waals surface area contributed by atoms with Crippen molar-refractivity contribution in [3.63, 3.8) is 0 Å². The van der Waals surface area contributed by atoms with Crippen molar-refractivity contribution in [2.45, 2.75) is 63.7 Å². The molecular weight excluding hydrogens is 464 g/mol. The molecule has 36 heavy (non-hydrogen) atoms. The van der Waals surface area contributed by atoms with E-state index in [9.17, 15) is 24.3 Å². The van der Waals surface area contributed by atoms with Crippen LogP contribution in [0.25, 0.3) is 0 Å². The molecule has 4 unspecified atom stereocenters. The van der Waals surface area contributed by atoms with E-state index in [4.69, 9.17) is 5.73 Å². The third kappa shape index (κ3) is 6.91. The third-order valence-electron chi connectivity index (χ3n) is 6.30. The first-order valence-corrected chi connectivity index (χ1v) is 12.1. The summed E-state index contributed by atoms with van der Waals surface area (Å²) in [7, 11) is 0. The van der Waals surface area contributed by atoms with E-state index in [0.29, 0.717) is 25.1 Å². The predicted octanol–water partition coefficient (Wildman–Crippen LogP) is 0.223. The van der Waals surface area contributed by atoms with Crippen molar-refractivity contribution in [2.75, 3.05) is 6.54 Å². The second kappa shape index (κ2) is 12.3. The predicted molar refractivity (Wildman–Crippen MR) is 131 cm³/mol. The summed E-state index contributed by atoms with van der Waals surface area (Å²) in [5.41, 5.74) is 7.53. The number of nitrogens with one attached hydrogen (secondary N) is 3. The van der Waals surface area contributed by atoms with Crippen molar-refractivity contribution >= 4 is 23.7 Å². The maximum atomic E-state index is 13.4. The van der Waals surface area contributed by atoms with Gasteiger partial charge in [0.25, 0.3) is 0 Å². The number of carbonyl (C=O) groups is 4. The van der Waals surface area contributed by atoms with Crippen molar-refractivity contribution in [3.8, 4) is 0 Å². The Hall–Kier alpha value is -3.73. The number of likely N-dealkylation sites (tertiary alicyclic amines) is 1. The standard InChI is InChI=1S/C25H34N6O5/c1-15(2)21(30-22(32)18(26)12-17-13-27-14-28-17)23(33)29-19(11-16-7-4-3-5-8-16)24(34)31-10-6-9-20(31)25(35)36/h3-5,7-8,13-15,18-21H,6,9-12,26H2,1-2H3,(H,27,28)(H,29,33)(H,30,32)(H,35,36). The van der Waals surface area contributed by atoms with Gasteiger partial charge in [0.05, 0.1) is 12.4 Å². The molecule has 3 amide bonds. The van der Waals surface area contributed by atoms with Crippen molar-refractivity contribution in [1.82, 2.24) is 25.5 Å². The number of nitrogens with zero attached hydrogens (tertiary/aromatic N) is 2. The monoisotopic (exact) mass is 498 g/mol. The molecule has 11 heteroatoms. The number of nitrogens with two attached hydrogens (primary N) is 1. The summed E-state index contributed by atoms with van der Waals surface area (Å²) in [4.78, 5) is 59.3. The first-order valence-electron chi connectivity index (χ1n) is 12.1. The Morgan fingerprint density at radius 1 is 1.14 bits per heavy atom. The minimum Gasteiger partial charge on any atom is -0.480 e. The molecule has 6 N–H and O–H groups in total. The maximum absolute atomic E-state index is 13.4. The largest absolute Gasteiger partial charge is 0.480 e. The Labute approximate surface area is 209 Å². The Morgan fingerprint density at radius 3 is 2.47 bits per heavy atom. The number of aliphatic carboxylic acids is 1. The topological polar surface area (TPSA) is 171 Å². The van der Waals surface area contributed by atoms with E-state index < -0.39 is 47.9 Å². The average Bonchev–Trinajstić information content (AvgIpc) is 3.54. The molecule has 1 aromatic carbocycles. The molecule has 1 aromatic heterocycles. The zero-order valence-corrected chi connectivity index (χ0v) is 20.5. The van der Waals surface area contributed by atoms with Gasteiger partial charge in [-0.1, -0.05) is 44.2 Å². The lowest BCUT2D eigenvalue weighted by molar-refractivity contribution is -0.149. The molecular formula is C25H34N6O5. The maximum Gasteiger partial charge on any atom is 0.326 e. The number of carbonyl (C=O) groups excluding carboxylic acids is 3. The van der Waals surface area contributed by atoms with Gasteiger partial charge in [0.2, 0.25) is 17.7 Å². The molecule has 4 atom stereocenters. The van der Waals surface area contributed by atoms with Crippen molar-refractivity contribution in [1.29, 1.82) is 0 Å². The average molecular weight is 499 g/mol. The summed E-state index contributed by atoms with van der Waals surface area (Å²) in [6.07, 6.45) is 4.41. The van der Waals surface area contributed by atoms with Crippen LogP contribution in [0.15, 0.2) is 42.9 Å². The molecule has 0 aliphatic carbocycles. The molecule has 2 heterocycles. The van der Waals surface area contributed by atoms with Gasteiger partial charge in [0, 0.05) is 31.3 Å². The van der Waals surface area contributed by atoms with Crippen LogP contribution in [-0.4, -0.2) is 74.4 Å². The van der Waals surface area contributed by atoms with Crippen LogP contribution < -0.4 is 16.4 Å². The summed E-state index contributed by atoms with van der Waals surface area (Å²) in [5.74, 6) is -2.85. The molecule has 1 saturated heterocycles. The van der Waals surface area contributed by atoms with Gasteiger partial charge in [-0.05, 0) is 24.3 Å². The molecule has 0 bridgehead atoms. The highest BCUT2D eigenvalue weighted by Crippen LogP contribution is 2.20. The number of hydrogen-bond donors (Lipinski definition) is 5. The van der Waals surface area contributed by atoms with Crippen LogP contribution in [0.4, 0.5) is 0 Å². The number of amides is 3. The lowest BCUT2D eigenvalue weighted by atomic mass is 10.00. The molecule has 1 fully saturated rings. The summed E-state index contributed by atoms with van der Waals surface area (Å²) in [5, 5.41) is 15.0. The van der Waals surface area contributed by atoms with Gasteiger partial charge < -0.3 is 31.4 Å². The number of aromatic amines is 1. The summed E-state index contributed by atoms with van der Waals surface area (Å²) in [6.45, 7) is 3.86. The molecule has 11 nitrogen and oxygen atoms in total. The van der Waals surface area contributed by atoms with E-state index in [1.165, 1.54) is 11.2 Å². The number of rotatable bonds is 11. The summed E-state index contributed by atoms with van der Waals surface area (Å²) >= 11 is 0. The van der Waals surface area contributed by atoms with Crippen molar-refractivity contribution in [3.05, 3.63) is 54.1 Å². The number of benzene rings is 1. The van der Waals surface area contributed by atoms with Crippen LogP contribution in [0, 0.1) is 5.92 Å². The molecule has 194 valence electrons. The lowest BCUT2D eigenvalue weighted by Crippen LogP contribution is -2.59.